The van der Waals surface area contributed by atoms with Crippen LogP contribution >= 0.6 is 11.8 Å². The predicted molar refractivity (Wildman–Crippen MR) is 130 cm³/mol. The minimum atomic E-state index is -0.0198. The second kappa shape index (κ2) is 8.89. The van der Waals surface area contributed by atoms with Crippen LogP contribution in [0, 0.1) is 0 Å². The summed E-state index contributed by atoms with van der Waals surface area (Å²) in [6.45, 7) is 9.94. The number of carbonyl (C=O) groups excluding carboxylic acids is 1. The number of likely N-dealkylation sites (N-methyl/N-ethyl adjacent to an activating group) is 1. The van der Waals surface area contributed by atoms with E-state index >= 15 is 0 Å². The molecule has 1 amide bonds. The smallest absolute Gasteiger partial charge is 0.266 e. The molecule has 0 aliphatic carbocycles. The Hall–Kier alpha value is -2.57. The lowest BCUT2D eigenvalue weighted by atomic mass is 9.87. The number of rotatable bonds is 3. The first-order chi connectivity index (χ1) is 14.8. The first kappa shape index (κ1) is 21.7. The van der Waals surface area contributed by atoms with Crippen LogP contribution in [-0.2, 0) is 14.9 Å². The highest BCUT2D eigenvalue weighted by atomic mass is 32.2. The molecule has 2 aliphatic rings. The van der Waals surface area contributed by atoms with Crippen molar-refractivity contribution in [1.82, 2.24) is 4.90 Å². The summed E-state index contributed by atoms with van der Waals surface area (Å²) in [5.41, 5.74) is 4.43. The fourth-order valence-electron chi connectivity index (χ4n) is 3.55. The molecule has 2 fully saturated rings. The van der Waals surface area contributed by atoms with Crippen molar-refractivity contribution >= 4 is 40.3 Å². The lowest BCUT2D eigenvalue weighted by molar-refractivity contribution is -0.121. The number of thioether (sulfide) groups is 1. The van der Waals surface area contributed by atoms with Crippen LogP contribution in [0.2, 0.25) is 0 Å². The summed E-state index contributed by atoms with van der Waals surface area (Å²) in [6, 6.07) is 16.6. The van der Waals surface area contributed by atoms with Gasteiger partial charge in [0.05, 0.1) is 23.8 Å². The zero-order valence-electron chi connectivity index (χ0n) is 18.6. The molecule has 2 saturated heterocycles. The van der Waals surface area contributed by atoms with E-state index in [2.05, 4.69) is 62.1 Å². The highest BCUT2D eigenvalue weighted by Gasteiger charge is 2.30. The van der Waals surface area contributed by atoms with Gasteiger partial charge in [0.1, 0.15) is 0 Å². The van der Waals surface area contributed by atoms with E-state index in [0.717, 1.165) is 37.6 Å². The number of ether oxygens (including phenoxy) is 1. The molecular formula is C25H29N3O2S. The van der Waals surface area contributed by atoms with E-state index < -0.39 is 0 Å². The van der Waals surface area contributed by atoms with Crippen molar-refractivity contribution in [2.45, 2.75) is 26.2 Å². The van der Waals surface area contributed by atoms with Gasteiger partial charge in [-0.3, -0.25) is 9.69 Å². The zero-order chi connectivity index (χ0) is 22.0. The number of carbonyl (C=O) groups is 1. The van der Waals surface area contributed by atoms with Gasteiger partial charge in [-0.1, -0.05) is 45.0 Å². The van der Waals surface area contributed by atoms with Crippen molar-refractivity contribution in [3.05, 3.63) is 64.6 Å². The Bertz CT molecular complexity index is 999. The topological polar surface area (TPSA) is 45.1 Å². The van der Waals surface area contributed by atoms with Crippen molar-refractivity contribution in [1.29, 1.82) is 0 Å². The van der Waals surface area contributed by atoms with Gasteiger partial charge in [-0.05, 0) is 58.6 Å². The highest BCUT2D eigenvalue weighted by Crippen LogP contribution is 2.34. The molecule has 2 aliphatic heterocycles. The van der Waals surface area contributed by atoms with Gasteiger partial charge in [0.2, 0.25) is 0 Å². The van der Waals surface area contributed by atoms with Crippen LogP contribution in [0.15, 0.2) is 58.4 Å². The van der Waals surface area contributed by atoms with E-state index in [1.54, 1.807) is 11.9 Å². The predicted octanol–water partition coefficient (Wildman–Crippen LogP) is 5.05. The lowest BCUT2D eigenvalue weighted by Gasteiger charge is -2.28. The normalized spacial score (nSPS) is 20.2. The maximum absolute atomic E-state index is 12.7. The molecule has 0 saturated carbocycles. The van der Waals surface area contributed by atoms with Crippen molar-refractivity contribution in [3.63, 3.8) is 0 Å². The van der Waals surface area contributed by atoms with Gasteiger partial charge >= 0.3 is 0 Å². The van der Waals surface area contributed by atoms with Gasteiger partial charge < -0.3 is 9.64 Å². The van der Waals surface area contributed by atoms with Crippen LogP contribution in [-0.4, -0.2) is 49.3 Å². The van der Waals surface area contributed by atoms with Crippen LogP contribution in [0.25, 0.3) is 6.08 Å². The number of morpholine rings is 1. The molecule has 0 N–H and O–H groups in total. The summed E-state index contributed by atoms with van der Waals surface area (Å²) < 4.78 is 5.42. The minimum Gasteiger partial charge on any atom is -0.378 e. The number of nitrogens with zero attached hydrogens (tertiary/aromatic N) is 3. The summed E-state index contributed by atoms with van der Waals surface area (Å²) in [5, 5.41) is 0.696. The van der Waals surface area contributed by atoms with Gasteiger partial charge in [-0.25, -0.2) is 4.99 Å². The number of anilines is 1. The fourth-order valence-corrected chi connectivity index (χ4v) is 4.54. The Morgan fingerprint density at radius 2 is 1.65 bits per heavy atom. The third-order valence-corrected chi connectivity index (χ3v) is 6.59. The summed E-state index contributed by atoms with van der Waals surface area (Å²) in [7, 11) is 1.78. The number of hydrogen-bond donors (Lipinski definition) is 0. The van der Waals surface area contributed by atoms with E-state index in [0.29, 0.717) is 10.1 Å². The summed E-state index contributed by atoms with van der Waals surface area (Å²) in [5.74, 6) is -0.0198. The molecule has 6 heteroatoms. The zero-order valence-corrected chi connectivity index (χ0v) is 19.4. The second-order valence-electron chi connectivity index (χ2n) is 8.86. The number of amidine groups is 1. The average molecular weight is 436 g/mol. The molecule has 5 nitrogen and oxygen atoms in total. The molecule has 0 radical (unpaired) electrons. The Morgan fingerprint density at radius 1 is 1.00 bits per heavy atom. The number of aliphatic imine (C=N–C) groups is 1. The average Bonchev–Trinajstić information content (AvgIpc) is 3.02. The number of amides is 1. The third kappa shape index (κ3) is 5.02. The van der Waals surface area contributed by atoms with Gasteiger partial charge in [-0.2, -0.15) is 0 Å². The molecule has 4 rings (SSSR count). The van der Waals surface area contributed by atoms with Crippen LogP contribution < -0.4 is 4.90 Å². The van der Waals surface area contributed by atoms with Crippen LogP contribution in [0.5, 0.6) is 0 Å². The molecule has 0 unspecified atom stereocenters. The van der Waals surface area contributed by atoms with Crippen molar-refractivity contribution in [2.75, 3.05) is 38.3 Å². The summed E-state index contributed by atoms with van der Waals surface area (Å²) in [6.07, 6.45) is 1.94. The van der Waals surface area contributed by atoms with Gasteiger partial charge in [0.25, 0.3) is 5.91 Å². The van der Waals surface area contributed by atoms with Gasteiger partial charge in [-0.15, -0.1) is 0 Å². The first-order valence-corrected chi connectivity index (χ1v) is 11.4. The number of hydrogen-bond acceptors (Lipinski definition) is 5. The fraction of sp³-hybridized carbons (Fsp3) is 0.360. The van der Waals surface area contributed by atoms with E-state index in [1.807, 2.05) is 18.2 Å². The van der Waals surface area contributed by atoms with Crippen molar-refractivity contribution < 1.29 is 9.53 Å². The molecule has 0 atom stereocenters. The molecule has 0 spiro atoms. The summed E-state index contributed by atoms with van der Waals surface area (Å²) >= 11 is 1.42. The third-order valence-electron chi connectivity index (χ3n) is 5.53. The molecule has 31 heavy (non-hydrogen) atoms. The summed E-state index contributed by atoms with van der Waals surface area (Å²) in [4.78, 5) is 22.1. The Kier molecular flexibility index (Phi) is 6.21. The minimum absolute atomic E-state index is 0.0198. The van der Waals surface area contributed by atoms with E-state index in [4.69, 9.17) is 9.73 Å². The second-order valence-corrected chi connectivity index (χ2v) is 9.87. The standard InChI is InChI=1S/C25H29N3O2S/c1-25(2,3)19-7-5-18(6-8-19)17-22-23(29)27(4)24(31-22)26-20-9-11-21(12-10-20)28-13-15-30-16-14-28/h5-12,17H,13-16H2,1-4H3/b22-17-,26-24?. The van der Waals surface area contributed by atoms with Crippen molar-refractivity contribution in [3.8, 4) is 0 Å². The Morgan fingerprint density at radius 3 is 2.26 bits per heavy atom. The van der Waals surface area contributed by atoms with Gasteiger partial charge in [0, 0.05) is 25.8 Å². The number of benzene rings is 2. The largest absolute Gasteiger partial charge is 0.378 e. The molecule has 162 valence electrons. The van der Waals surface area contributed by atoms with E-state index in [1.165, 1.54) is 23.0 Å². The van der Waals surface area contributed by atoms with Crippen LogP contribution in [0.3, 0.4) is 0 Å². The quantitative estimate of drug-likeness (QED) is 0.633. The molecule has 0 bridgehead atoms. The van der Waals surface area contributed by atoms with E-state index in [9.17, 15) is 4.79 Å². The SMILES string of the molecule is CN1C(=O)/C(=C/c2ccc(C(C)(C)C)cc2)SC1=Nc1ccc(N2CCOCC2)cc1. The van der Waals surface area contributed by atoms with Gasteiger partial charge in [0.15, 0.2) is 5.17 Å². The maximum atomic E-state index is 12.7. The molecule has 2 heterocycles. The Labute approximate surface area is 188 Å². The lowest BCUT2D eigenvalue weighted by Crippen LogP contribution is -2.36. The highest BCUT2D eigenvalue weighted by molar-refractivity contribution is 8.18. The molecule has 0 aromatic heterocycles. The monoisotopic (exact) mass is 435 g/mol. The molecule has 2 aromatic rings. The Balaban J connectivity index is 1.49. The van der Waals surface area contributed by atoms with Crippen LogP contribution in [0.4, 0.5) is 11.4 Å². The van der Waals surface area contributed by atoms with Crippen LogP contribution in [0.1, 0.15) is 31.9 Å². The molecular weight excluding hydrogens is 406 g/mol. The maximum Gasteiger partial charge on any atom is 0.266 e. The molecule has 2 aromatic carbocycles. The van der Waals surface area contributed by atoms with E-state index in [-0.39, 0.29) is 11.3 Å². The first-order valence-electron chi connectivity index (χ1n) is 10.6. The van der Waals surface area contributed by atoms with Crippen molar-refractivity contribution in [2.24, 2.45) is 4.99 Å².